The zero-order chi connectivity index (χ0) is 27.4. The van der Waals surface area contributed by atoms with Gasteiger partial charge in [0.05, 0.1) is 18.3 Å². The molecule has 5 rings (SSSR count). The highest BCUT2D eigenvalue weighted by Gasteiger charge is 2.28. The summed E-state index contributed by atoms with van der Waals surface area (Å²) in [5.74, 6) is 2.20. The minimum Gasteiger partial charge on any atom is -0.485 e. The largest absolute Gasteiger partial charge is 0.485 e. The summed E-state index contributed by atoms with van der Waals surface area (Å²) in [6, 6.07) is 7.68. The average molecular weight is 568 g/mol. The number of ether oxygens (including phenoxy) is 1. The number of carbonyl (C=O) groups excluding carboxylic acids is 2. The second-order valence-electron chi connectivity index (χ2n) is 10.4. The van der Waals surface area contributed by atoms with Gasteiger partial charge < -0.3 is 24.5 Å². The topological polar surface area (TPSA) is 121 Å². The zero-order valence-corrected chi connectivity index (χ0v) is 23.9. The van der Waals surface area contributed by atoms with Gasteiger partial charge in [0.1, 0.15) is 18.2 Å². The number of likely N-dealkylation sites (tertiary alicyclic amines) is 1. The van der Waals surface area contributed by atoms with E-state index in [9.17, 15) is 14.7 Å². The van der Waals surface area contributed by atoms with Crippen LogP contribution in [0.1, 0.15) is 52.6 Å². The molecule has 0 unspecified atom stereocenters. The number of anilines is 1. The van der Waals surface area contributed by atoms with Crippen LogP contribution >= 0.6 is 13.5 Å². The van der Waals surface area contributed by atoms with Gasteiger partial charge >= 0.3 is 0 Å². The lowest BCUT2D eigenvalue weighted by Gasteiger charge is -2.39. The molecule has 0 radical (unpaired) electrons. The smallest absolute Gasteiger partial charge is 0.219 e. The van der Waals surface area contributed by atoms with Gasteiger partial charge in [0, 0.05) is 57.8 Å². The van der Waals surface area contributed by atoms with Gasteiger partial charge in [0.15, 0.2) is 17.9 Å². The Morgan fingerprint density at radius 2 is 2.10 bits per heavy atom. The number of fused-ring (bicyclic) bond motifs is 1. The van der Waals surface area contributed by atoms with Crippen LogP contribution in [0.2, 0.25) is 0 Å². The fourth-order valence-electron chi connectivity index (χ4n) is 5.20. The Bertz CT molecular complexity index is 1310. The third-order valence-corrected chi connectivity index (χ3v) is 7.51. The van der Waals surface area contributed by atoms with E-state index in [1.165, 1.54) is 17.5 Å². The number of aliphatic hydroxyl groups excluding tert-OH is 1. The van der Waals surface area contributed by atoms with Crippen molar-refractivity contribution in [3.05, 3.63) is 71.1 Å². The van der Waals surface area contributed by atoms with Gasteiger partial charge in [-0.05, 0) is 54.7 Å². The monoisotopic (exact) mass is 567 g/mol. The predicted molar refractivity (Wildman–Crippen MR) is 155 cm³/mol. The van der Waals surface area contributed by atoms with Crippen molar-refractivity contribution < 1.29 is 23.8 Å². The lowest BCUT2D eigenvalue weighted by molar-refractivity contribution is -0.132. The maximum atomic E-state index is 12.8. The molecule has 0 spiro atoms. The van der Waals surface area contributed by atoms with Gasteiger partial charge in [-0.15, -0.1) is 0 Å². The molecule has 2 aliphatic rings. The molecule has 0 bridgehead atoms. The van der Waals surface area contributed by atoms with E-state index < -0.39 is 6.10 Å². The number of benzene rings is 1. The summed E-state index contributed by atoms with van der Waals surface area (Å²) in [6.07, 6.45) is 5.62. The number of β-amino-alcohol motifs (C(OH)–C–C–N with tert-alkyl or cyclic N) is 1. The molecule has 40 heavy (non-hydrogen) atoms. The van der Waals surface area contributed by atoms with Crippen LogP contribution in [0.5, 0.6) is 5.75 Å². The summed E-state index contributed by atoms with van der Waals surface area (Å²) in [7, 11) is 0. The molecule has 2 aliphatic heterocycles. The van der Waals surface area contributed by atoms with Crippen LogP contribution in [0.15, 0.2) is 47.5 Å². The van der Waals surface area contributed by atoms with Crippen molar-refractivity contribution in [3.8, 4) is 5.75 Å². The molecule has 1 atom stereocenters. The van der Waals surface area contributed by atoms with E-state index in [4.69, 9.17) is 9.15 Å². The minimum absolute atomic E-state index is 0. The van der Waals surface area contributed by atoms with E-state index >= 15 is 0 Å². The molecule has 214 valence electrons. The number of Topliss-reactive ketones (excluding diaryl/α,β-unsaturated/α-hetero) is 1. The zero-order valence-electron chi connectivity index (χ0n) is 22.9. The molecule has 1 saturated heterocycles. The van der Waals surface area contributed by atoms with E-state index in [0.29, 0.717) is 49.8 Å². The number of nitrogens with one attached hydrogen (secondary N) is 1. The van der Waals surface area contributed by atoms with Gasteiger partial charge in [-0.2, -0.15) is 13.5 Å². The van der Waals surface area contributed by atoms with Crippen LogP contribution in [0, 0.1) is 6.92 Å². The van der Waals surface area contributed by atoms with Crippen molar-refractivity contribution in [2.24, 2.45) is 0 Å². The molecular formula is C29H37N5O5S. The Kier molecular flexibility index (Phi) is 9.83. The Morgan fingerprint density at radius 3 is 2.85 bits per heavy atom. The van der Waals surface area contributed by atoms with Gasteiger partial charge in [-0.3, -0.25) is 14.5 Å². The number of pyridine rings is 1. The molecular weight excluding hydrogens is 530 g/mol. The number of nitrogens with zero attached hydrogens (tertiary/aromatic N) is 4. The number of hydrogen-bond acceptors (Lipinski definition) is 9. The van der Waals surface area contributed by atoms with E-state index in [0.717, 1.165) is 30.8 Å². The second-order valence-corrected chi connectivity index (χ2v) is 10.4. The maximum Gasteiger partial charge on any atom is 0.219 e. The highest BCUT2D eigenvalue weighted by molar-refractivity contribution is 7.59. The molecule has 0 aliphatic carbocycles. The van der Waals surface area contributed by atoms with Crippen LogP contribution in [0.4, 0.5) is 5.82 Å². The van der Waals surface area contributed by atoms with E-state index in [1.807, 2.05) is 6.07 Å². The molecule has 2 aromatic heterocycles. The first-order chi connectivity index (χ1) is 18.9. The summed E-state index contributed by atoms with van der Waals surface area (Å²) in [4.78, 5) is 36.4. The Hall–Kier alpha value is -3.41. The maximum absolute atomic E-state index is 12.8. The quantitative estimate of drug-likeness (QED) is 0.337. The number of aromatic nitrogens is 2. The molecule has 1 aromatic carbocycles. The van der Waals surface area contributed by atoms with Crippen LogP contribution < -0.4 is 10.1 Å². The standard InChI is InChI=1S/C29H35N5O5.H2S/c1-19-26-8-10-33(13-22(26)3-6-28(19)38-17-25-12-30-18-39-25)16-24(36)4-5-27(37)21-7-9-31-29(11-21)32-23-14-34(15-23)20(2)35;/h3,6-7,9,11-12,18,23-24,36H,4-5,8,10,13-17H2,1-2H3,(H,31,32);1H2/t24-;/m0./s1. The summed E-state index contributed by atoms with van der Waals surface area (Å²) in [5.41, 5.74) is 4.25. The molecule has 3 aromatic rings. The summed E-state index contributed by atoms with van der Waals surface area (Å²) in [6.45, 7) is 7.37. The molecule has 1 amide bonds. The highest BCUT2D eigenvalue weighted by atomic mass is 32.1. The van der Waals surface area contributed by atoms with Crippen molar-refractivity contribution in [1.82, 2.24) is 19.8 Å². The molecule has 2 N–H and O–H groups in total. The first-order valence-corrected chi connectivity index (χ1v) is 13.4. The summed E-state index contributed by atoms with van der Waals surface area (Å²) >= 11 is 0. The van der Waals surface area contributed by atoms with Crippen molar-refractivity contribution in [3.63, 3.8) is 0 Å². The van der Waals surface area contributed by atoms with Crippen LogP contribution in [-0.4, -0.2) is 74.9 Å². The van der Waals surface area contributed by atoms with Gasteiger partial charge in [0.25, 0.3) is 0 Å². The van der Waals surface area contributed by atoms with E-state index in [2.05, 4.69) is 33.2 Å². The van der Waals surface area contributed by atoms with Gasteiger partial charge in [0.2, 0.25) is 5.91 Å². The van der Waals surface area contributed by atoms with E-state index in [1.54, 1.807) is 36.4 Å². The molecule has 10 nitrogen and oxygen atoms in total. The first-order valence-electron chi connectivity index (χ1n) is 13.4. The van der Waals surface area contributed by atoms with Crippen molar-refractivity contribution in [2.75, 3.05) is 31.5 Å². The number of oxazole rings is 1. The average Bonchev–Trinajstić information content (AvgIpc) is 3.42. The first kappa shape index (κ1) is 29.6. The summed E-state index contributed by atoms with van der Waals surface area (Å²) < 4.78 is 11.2. The third-order valence-electron chi connectivity index (χ3n) is 7.51. The lowest BCUT2D eigenvalue weighted by atomic mass is 9.94. The highest BCUT2D eigenvalue weighted by Crippen LogP contribution is 2.30. The minimum atomic E-state index is -0.590. The number of rotatable bonds is 11. The number of ketones is 1. The number of hydrogen-bond donors (Lipinski definition) is 2. The number of carbonyl (C=O) groups is 2. The Balaban J connectivity index is 0.00000370. The Labute approximate surface area is 241 Å². The predicted octanol–water partition coefficient (Wildman–Crippen LogP) is 3.09. The van der Waals surface area contributed by atoms with Gasteiger partial charge in [-0.1, -0.05) is 6.07 Å². The number of aliphatic hydroxyl groups is 1. The molecule has 4 heterocycles. The van der Waals surface area contributed by atoms with E-state index in [-0.39, 0.29) is 37.6 Å². The van der Waals surface area contributed by atoms with Crippen LogP contribution in [0.25, 0.3) is 0 Å². The fourth-order valence-corrected chi connectivity index (χ4v) is 5.20. The van der Waals surface area contributed by atoms with Gasteiger partial charge in [-0.25, -0.2) is 9.97 Å². The van der Waals surface area contributed by atoms with Crippen LogP contribution in [0.3, 0.4) is 0 Å². The van der Waals surface area contributed by atoms with Crippen LogP contribution in [-0.2, 0) is 24.4 Å². The SMILES string of the molecule is CC(=O)N1CC(Nc2cc(C(=O)CC[C@H](O)CN3CCc4c(ccc(OCc5cnco5)c4C)C3)ccn2)C1.S. The van der Waals surface area contributed by atoms with Crippen molar-refractivity contribution in [1.29, 1.82) is 0 Å². The van der Waals surface area contributed by atoms with Crippen molar-refractivity contribution in [2.45, 2.75) is 58.4 Å². The molecule has 11 heteroatoms. The Morgan fingerprint density at radius 1 is 1.27 bits per heavy atom. The second kappa shape index (κ2) is 13.3. The molecule has 1 fully saturated rings. The molecule has 0 saturated carbocycles. The lowest BCUT2D eigenvalue weighted by Crippen LogP contribution is -2.56. The fraction of sp³-hybridized carbons (Fsp3) is 0.448. The third kappa shape index (κ3) is 7.21. The normalized spacial score (nSPS) is 15.9. The summed E-state index contributed by atoms with van der Waals surface area (Å²) in [5, 5.41) is 14.0. The number of amides is 1. The van der Waals surface area contributed by atoms with Crippen molar-refractivity contribution >= 4 is 31.0 Å².